The van der Waals surface area contributed by atoms with Crippen LogP contribution in [-0.2, 0) is 11.2 Å². The zero-order chi connectivity index (χ0) is 14.8. The lowest BCUT2D eigenvalue weighted by Crippen LogP contribution is -2.29. The predicted octanol–water partition coefficient (Wildman–Crippen LogP) is 0.581. The van der Waals surface area contributed by atoms with Gasteiger partial charge in [0.2, 0.25) is 0 Å². The first-order valence-electron chi connectivity index (χ1n) is 6.55. The van der Waals surface area contributed by atoms with Crippen LogP contribution in [0.4, 0.5) is 0 Å². The zero-order valence-electron chi connectivity index (χ0n) is 11.3. The molecule has 0 spiro atoms. The average Bonchev–Trinajstić information content (AvgIpc) is 2.42. The van der Waals surface area contributed by atoms with E-state index < -0.39 is 11.9 Å². The Morgan fingerprint density at radius 2 is 1.50 bits per heavy atom. The molecule has 0 aliphatic heterocycles. The molecule has 4 N–H and O–H groups in total. The maximum Gasteiger partial charge on any atom is 0.335 e. The molecule has 0 radical (unpaired) electrons. The minimum absolute atomic E-state index is 0.135. The molecule has 6 heteroatoms. The summed E-state index contributed by atoms with van der Waals surface area (Å²) in [6, 6.07) is 6.84. The zero-order valence-corrected chi connectivity index (χ0v) is 11.3. The molecule has 0 fully saturated rings. The van der Waals surface area contributed by atoms with Crippen LogP contribution in [0.5, 0.6) is 0 Å². The fraction of sp³-hybridized carbons (Fsp3) is 0.429. The number of rotatable bonds is 10. The Morgan fingerprint density at radius 3 is 2.05 bits per heavy atom. The van der Waals surface area contributed by atoms with Gasteiger partial charge in [0.25, 0.3) is 0 Å². The van der Waals surface area contributed by atoms with Crippen LogP contribution < -0.4 is 10.6 Å². The maximum absolute atomic E-state index is 10.7. The van der Waals surface area contributed by atoms with E-state index in [1.54, 1.807) is 12.1 Å². The van der Waals surface area contributed by atoms with Crippen molar-refractivity contribution in [1.29, 1.82) is 0 Å². The van der Waals surface area contributed by atoms with E-state index in [-0.39, 0.29) is 6.42 Å². The fourth-order valence-electron chi connectivity index (χ4n) is 1.67. The van der Waals surface area contributed by atoms with Crippen LogP contribution in [0.15, 0.2) is 24.3 Å². The van der Waals surface area contributed by atoms with Crippen molar-refractivity contribution in [1.82, 2.24) is 10.6 Å². The van der Waals surface area contributed by atoms with Crippen molar-refractivity contribution in [3.63, 3.8) is 0 Å². The van der Waals surface area contributed by atoms with E-state index in [2.05, 4.69) is 10.6 Å². The van der Waals surface area contributed by atoms with E-state index in [9.17, 15) is 9.59 Å². The van der Waals surface area contributed by atoms with Crippen LogP contribution in [0.2, 0.25) is 0 Å². The Balaban J connectivity index is 2.06. The molecule has 0 saturated carbocycles. The second-order valence-electron chi connectivity index (χ2n) is 4.40. The first kappa shape index (κ1) is 16.1. The highest BCUT2D eigenvalue weighted by atomic mass is 16.4. The van der Waals surface area contributed by atoms with Gasteiger partial charge in [-0.1, -0.05) is 12.1 Å². The molecule has 0 aliphatic rings. The van der Waals surface area contributed by atoms with Gasteiger partial charge in [0.05, 0.1) is 12.0 Å². The number of hydrogen-bond donors (Lipinski definition) is 4. The number of aromatic carboxylic acids is 1. The van der Waals surface area contributed by atoms with Crippen molar-refractivity contribution in [2.45, 2.75) is 12.8 Å². The van der Waals surface area contributed by atoms with Crippen molar-refractivity contribution in [2.24, 2.45) is 0 Å². The van der Waals surface area contributed by atoms with E-state index in [4.69, 9.17) is 10.2 Å². The van der Waals surface area contributed by atoms with E-state index in [0.29, 0.717) is 12.1 Å². The van der Waals surface area contributed by atoms with E-state index >= 15 is 0 Å². The highest BCUT2D eigenvalue weighted by molar-refractivity contribution is 5.87. The highest BCUT2D eigenvalue weighted by Gasteiger charge is 2.01. The maximum atomic E-state index is 10.7. The van der Waals surface area contributed by atoms with Gasteiger partial charge in [-0.05, 0) is 30.7 Å². The topological polar surface area (TPSA) is 98.7 Å². The second-order valence-corrected chi connectivity index (χ2v) is 4.40. The standard InChI is InChI=1S/C14H20N2O4/c17-13(18)6-8-16-10-9-15-7-5-11-1-3-12(4-2-11)14(19)20/h1-4,15-16H,5-10H2,(H,17,18)(H,19,20). The van der Waals surface area contributed by atoms with Crippen LogP contribution in [-0.4, -0.2) is 48.3 Å². The molecule has 110 valence electrons. The molecule has 0 aromatic heterocycles. The van der Waals surface area contributed by atoms with Crippen molar-refractivity contribution < 1.29 is 19.8 Å². The minimum atomic E-state index is -0.915. The number of carboxylic acid groups (broad SMARTS) is 2. The SMILES string of the molecule is O=C(O)CCNCCNCCc1ccc(C(=O)O)cc1. The molecule has 0 unspecified atom stereocenters. The van der Waals surface area contributed by atoms with Crippen molar-refractivity contribution in [3.8, 4) is 0 Å². The third-order valence-electron chi connectivity index (χ3n) is 2.79. The van der Waals surface area contributed by atoms with Gasteiger partial charge in [0.1, 0.15) is 0 Å². The lowest BCUT2D eigenvalue weighted by atomic mass is 10.1. The number of nitrogens with one attached hydrogen (secondary N) is 2. The van der Waals surface area contributed by atoms with Crippen LogP contribution in [0.25, 0.3) is 0 Å². The van der Waals surface area contributed by atoms with Crippen LogP contribution >= 0.6 is 0 Å². The number of hydrogen-bond acceptors (Lipinski definition) is 4. The summed E-state index contributed by atoms with van der Waals surface area (Å²) in [5, 5.41) is 23.5. The summed E-state index contributed by atoms with van der Waals surface area (Å²) >= 11 is 0. The average molecular weight is 280 g/mol. The first-order chi connectivity index (χ1) is 9.59. The molecule has 0 atom stereocenters. The van der Waals surface area contributed by atoms with Crippen molar-refractivity contribution in [2.75, 3.05) is 26.2 Å². The molecule has 0 amide bonds. The Hall–Kier alpha value is -1.92. The van der Waals surface area contributed by atoms with Gasteiger partial charge in [0.15, 0.2) is 0 Å². The summed E-state index contributed by atoms with van der Waals surface area (Å²) < 4.78 is 0. The minimum Gasteiger partial charge on any atom is -0.481 e. The molecule has 20 heavy (non-hydrogen) atoms. The quantitative estimate of drug-likeness (QED) is 0.468. The van der Waals surface area contributed by atoms with Crippen molar-refractivity contribution in [3.05, 3.63) is 35.4 Å². The number of carboxylic acids is 2. The molecule has 0 heterocycles. The van der Waals surface area contributed by atoms with E-state index in [1.807, 2.05) is 12.1 Å². The molecular formula is C14H20N2O4. The lowest BCUT2D eigenvalue weighted by molar-refractivity contribution is -0.136. The smallest absolute Gasteiger partial charge is 0.335 e. The number of aliphatic carboxylic acids is 1. The third-order valence-corrected chi connectivity index (χ3v) is 2.79. The van der Waals surface area contributed by atoms with Gasteiger partial charge < -0.3 is 20.8 Å². The largest absolute Gasteiger partial charge is 0.481 e. The van der Waals surface area contributed by atoms with Crippen LogP contribution in [0.1, 0.15) is 22.3 Å². The third kappa shape index (κ3) is 6.86. The molecular weight excluding hydrogens is 260 g/mol. The van der Waals surface area contributed by atoms with Crippen molar-refractivity contribution >= 4 is 11.9 Å². The molecule has 1 rings (SSSR count). The van der Waals surface area contributed by atoms with E-state index in [0.717, 1.165) is 31.6 Å². The molecule has 1 aromatic rings. The molecule has 1 aromatic carbocycles. The Bertz CT molecular complexity index is 431. The Labute approximate surface area is 117 Å². The summed E-state index contributed by atoms with van der Waals surface area (Å²) in [6.45, 7) is 2.78. The Kier molecular flexibility index (Phi) is 7.31. The summed E-state index contributed by atoms with van der Waals surface area (Å²) in [7, 11) is 0. The molecule has 0 aliphatic carbocycles. The van der Waals surface area contributed by atoms with Gasteiger partial charge >= 0.3 is 11.9 Å². The summed E-state index contributed by atoms with van der Waals surface area (Å²) in [4.78, 5) is 20.9. The van der Waals surface area contributed by atoms with Gasteiger partial charge in [-0.25, -0.2) is 4.79 Å². The monoisotopic (exact) mass is 280 g/mol. The summed E-state index contributed by atoms with van der Waals surface area (Å²) in [5.74, 6) is -1.71. The van der Waals surface area contributed by atoms with Gasteiger partial charge in [-0.2, -0.15) is 0 Å². The molecule has 6 nitrogen and oxygen atoms in total. The van der Waals surface area contributed by atoms with Gasteiger partial charge in [-0.15, -0.1) is 0 Å². The number of benzene rings is 1. The predicted molar refractivity (Wildman–Crippen MR) is 75.1 cm³/mol. The molecule has 0 bridgehead atoms. The van der Waals surface area contributed by atoms with Crippen LogP contribution in [0, 0.1) is 0 Å². The lowest BCUT2D eigenvalue weighted by Gasteiger charge is -2.06. The molecule has 0 saturated heterocycles. The first-order valence-corrected chi connectivity index (χ1v) is 6.55. The fourth-order valence-corrected chi connectivity index (χ4v) is 1.67. The number of carbonyl (C=O) groups is 2. The normalized spacial score (nSPS) is 10.4. The summed E-state index contributed by atoms with van der Waals surface area (Å²) in [6.07, 6.45) is 0.963. The van der Waals surface area contributed by atoms with E-state index in [1.165, 1.54) is 0 Å². The second kappa shape index (κ2) is 9.06. The van der Waals surface area contributed by atoms with Crippen LogP contribution in [0.3, 0.4) is 0 Å². The van der Waals surface area contributed by atoms with Gasteiger partial charge in [-0.3, -0.25) is 4.79 Å². The highest BCUT2D eigenvalue weighted by Crippen LogP contribution is 2.04. The summed E-state index contributed by atoms with van der Waals surface area (Å²) in [5.41, 5.74) is 1.38. The van der Waals surface area contributed by atoms with Gasteiger partial charge in [0, 0.05) is 19.6 Å². The Morgan fingerprint density at radius 1 is 0.900 bits per heavy atom.